The zero-order valence-electron chi connectivity index (χ0n) is 14.4. The first-order valence-corrected chi connectivity index (χ1v) is 8.32. The zero-order chi connectivity index (χ0) is 16.7. The molecule has 0 aliphatic carbocycles. The van der Waals surface area contributed by atoms with Crippen molar-refractivity contribution in [3.05, 3.63) is 23.3 Å². The average molecular weight is 318 g/mol. The molecular weight excluding hydrogens is 292 g/mol. The molecule has 23 heavy (non-hydrogen) atoms. The molecule has 126 valence electrons. The SMILES string of the molecule is COc1cc2c(cc1O)CCN1C(=O)[C@@H](CC(C)C)N(C)C[C@H]21. The molecular formula is C18H26N2O3. The van der Waals surface area contributed by atoms with E-state index < -0.39 is 0 Å². The Bertz CT molecular complexity index is 615. The van der Waals surface area contributed by atoms with E-state index in [9.17, 15) is 9.90 Å². The Balaban J connectivity index is 1.94. The van der Waals surface area contributed by atoms with Gasteiger partial charge >= 0.3 is 0 Å². The molecule has 0 bridgehead atoms. The average Bonchev–Trinajstić information content (AvgIpc) is 2.50. The van der Waals surface area contributed by atoms with Gasteiger partial charge in [-0.15, -0.1) is 0 Å². The van der Waals surface area contributed by atoms with Crippen LogP contribution < -0.4 is 4.74 Å². The highest BCUT2D eigenvalue weighted by Gasteiger charge is 2.42. The van der Waals surface area contributed by atoms with Crippen LogP contribution in [0.2, 0.25) is 0 Å². The van der Waals surface area contributed by atoms with E-state index in [4.69, 9.17) is 4.74 Å². The summed E-state index contributed by atoms with van der Waals surface area (Å²) in [5, 5.41) is 9.99. The van der Waals surface area contributed by atoms with Crippen molar-refractivity contribution < 1.29 is 14.6 Å². The normalized spacial score (nSPS) is 24.6. The molecule has 2 aliphatic rings. The summed E-state index contributed by atoms with van der Waals surface area (Å²) in [6.45, 7) is 5.87. The topological polar surface area (TPSA) is 53.0 Å². The van der Waals surface area contributed by atoms with E-state index in [1.807, 2.05) is 18.0 Å². The van der Waals surface area contributed by atoms with Gasteiger partial charge in [0.25, 0.3) is 0 Å². The van der Waals surface area contributed by atoms with Crippen molar-refractivity contribution >= 4 is 5.91 Å². The Kier molecular flexibility index (Phi) is 4.23. The van der Waals surface area contributed by atoms with E-state index in [0.29, 0.717) is 11.7 Å². The molecule has 0 saturated carbocycles. The van der Waals surface area contributed by atoms with Crippen molar-refractivity contribution in [3.63, 3.8) is 0 Å². The number of phenolic OH excluding ortho intramolecular Hbond substituents is 1. The zero-order valence-corrected chi connectivity index (χ0v) is 14.4. The fraction of sp³-hybridized carbons (Fsp3) is 0.611. The number of carbonyl (C=O) groups is 1. The number of piperazine rings is 1. The number of ether oxygens (including phenoxy) is 1. The van der Waals surface area contributed by atoms with E-state index in [1.165, 1.54) is 0 Å². The number of aromatic hydroxyl groups is 1. The van der Waals surface area contributed by atoms with Crippen LogP contribution in [0.15, 0.2) is 12.1 Å². The number of carbonyl (C=O) groups excluding carboxylic acids is 1. The second kappa shape index (κ2) is 6.04. The first-order chi connectivity index (χ1) is 10.9. The molecule has 1 fully saturated rings. The highest BCUT2D eigenvalue weighted by molar-refractivity contribution is 5.83. The first-order valence-electron chi connectivity index (χ1n) is 8.32. The van der Waals surface area contributed by atoms with Crippen LogP contribution in [0, 0.1) is 5.92 Å². The van der Waals surface area contributed by atoms with Crippen molar-refractivity contribution in [3.8, 4) is 11.5 Å². The third-order valence-corrected chi connectivity index (χ3v) is 5.05. The highest BCUT2D eigenvalue weighted by Crippen LogP contribution is 2.40. The van der Waals surface area contributed by atoms with Crippen molar-refractivity contribution in [2.24, 2.45) is 5.92 Å². The summed E-state index contributed by atoms with van der Waals surface area (Å²) in [6.07, 6.45) is 1.68. The van der Waals surface area contributed by atoms with Gasteiger partial charge in [-0.2, -0.15) is 0 Å². The summed E-state index contributed by atoms with van der Waals surface area (Å²) < 4.78 is 5.25. The molecule has 1 aromatic carbocycles. The van der Waals surface area contributed by atoms with E-state index in [1.54, 1.807) is 13.2 Å². The molecule has 3 rings (SSSR count). The molecule has 2 atom stereocenters. The maximum Gasteiger partial charge on any atom is 0.240 e. The highest BCUT2D eigenvalue weighted by atomic mass is 16.5. The van der Waals surface area contributed by atoms with E-state index in [2.05, 4.69) is 18.7 Å². The lowest BCUT2D eigenvalue weighted by Crippen LogP contribution is -2.58. The summed E-state index contributed by atoms with van der Waals surface area (Å²) in [5.41, 5.74) is 2.22. The van der Waals surface area contributed by atoms with E-state index in [-0.39, 0.29) is 23.7 Å². The lowest BCUT2D eigenvalue weighted by Gasteiger charge is -2.47. The van der Waals surface area contributed by atoms with Crippen molar-refractivity contribution in [2.45, 2.75) is 38.8 Å². The maximum atomic E-state index is 12.9. The Morgan fingerprint density at radius 2 is 2.13 bits per heavy atom. The summed E-state index contributed by atoms with van der Waals surface area (Å²) in [4.78, 5) is 17.1. The van der Waals surface area contributed by atoms with Crippen LogP contribution in [0.4, 0.5) is 0 Å². The smallest absolute Gasteiger partial charge is 0.240 e. The van der Waals surface area contributed by atoms with Crippen LogP contribution >= 0.6 is 0 Å². The number of amides is 1. The number of methoxy groups -OCH3 is 1. The quantitative estimate of drug-likeness (QED) is 0.928. The second-order valence-corrected chi connectivity index (χ2v) is 7.11. The van der Waals surface area contributed by atoms with E-state index >= 15 is 0 Å². The fourth-order valence-electron chi connectivity index (χ4n) is 3.85. The predicted molar refractivity (Wildman–Crippen MR) is 88.7 cm³/mol. The molecule has 0 unspecified atom stereocenters. The Labute approximate surface area is 137 Å². The molecule has 1 saturated heterocycles. The third kappa shape index (κ3) is 2.78. The number of benzene rings is 1. The lowest BCUT2D eigenvalue weighted by molar-refractivity contribution is -0.146. The summed E-state index contributed by atoms with van der Waals surface area (Å²) in [5.74, 6) is 1.38. The minimum absolute atomic E-state index is 0.0215. The molecule has 1 amide bonds. The molecule has 2 heterocycles. The van der Waals surface area contributed by atoms with Crippen LogP contribution in [0.3, 0.4) is 0 Å². The minimum atomic E-state index is -0.0215. The van der Waals surface area contributed by atoms with Crippen LogP contribution in [-0.2, 0) is 11.2 Å². The Morgan fingerprint density at radius 3 is 2.78 bits per heavy atom. The lowest BCUT2D eigenvalue weighted by atomic mass is 9.87. The second-order valence-electron chi connectivity index (χ2n) is 7.11. The molecule has 1 N–H and O–H groups in total. The molecule has 5 heteroatoms. The van der Waals surface area contributed by atoms with Crippen LogP contribution in [0.5, 0.6) is 11.5 Å². The molecule has 1 aromatic rings. The number of rotatable bonds is 3. The van der Waals surface area contributed by atoms with Gasteiger partial charge in [0.2, 0.25) is 5.91 Å². The van der Waals surface area contributed by atoms with Crippen LogP contribution in [0.25, 0.3) is 0 Å². The number of fused-ring (bicyclic) bond motifs is 3. The van der Waals surface area contributed by atoms with Crippen molar-refractivity contribution in [1.29, 1.82) is 0 Å². The van der Waals surface area contributed by atoms with Crippen LogP contribution in [0.1, 0.15) is 37.4 Å². The monoisotopic (exact) mass is 318 g/mol. The standard InChI is InChI=1S/C18H26N2O3/c1-11(2)7-14-18(22)20-6-5-12-8-16(21)17(23-4)9-13(12)15(20)10-19(14)3/h8-9,11,14-15,21H,5-7,10H2,1-4H3/t14-,15-/m1/s1. The fourth-order valence-corrected chi connectivity index (χ4v) is 3.85. The Morgan fingerprint density at radius 1 is 1.39 bits per heavy atom. The van der Waals surface area contributed by atoms with Gasteiger partial charge < -0.3 is 14.7 Å². The first kappa shape index (κ1) is 16.1. The van der Waals surface area contributed by atoms with Crippen molar-refractivity contribution in [1.82, 2.24) is 9.80 Å². The molecule has 2 aliphatic heterocycles. The van der Waals surface area contributed by atoms with Gasteiger partial charge in [0.1, 0.15) is 0 Å². The molecule has 0 aromatic heterocycles. The van der Waals surface area contributed by atoms with Gasteiger partial charge in [-0.05, 0) is 49.1 Å². The molecule has 5 nitrogen and oxygen atoms in total. The van der Waals surface area contributed by atoms with Gasteiger partial charge in [-0.1, -0.05) is 13.8 Å². The van der Waals surface area contributed by atoms with Gasteiger partial charge in [-0.3, -0.25) is 9.69 Å². The summed E-state index contributed by atoms with van der Waals surface area (Å²) >= 11 is 0. The Hall–Kier alpha value is -1.75. The predicted octanol–water partition coefficient (Wildman–Crippen LogP) is 2.19. The van der Waals surface area contributed by atoms with Gasteiger partial charge in [0.05, 0.1) is 19.2 Å². The third-order valence-electron chi connectivity index (χ3n) is 5.05. The van der Waals surface area contributed by atoms with Crippen LogP contribution in [-0.4, -0.2) is 54.1 Å². The van der Waals surface area contributed by atoms with E-state index in [0.717, 1.165) is 37.1 Å². The number of hydrogen-bond acceptors (Lipinski definition) is 4. The van der Waals surface area contributed by atoms with Gasteiger partial charge in [0, 0.05) is 13.1 Å². The number of nitrogens with zero attached hydrogens (tertiary/aromatic N) is 2. The van der Waals surface area contributed by atoms with Gasteiger partial charge in [-0.25, -0.2) is 0 Å². The minimum Gasteiger partial charge on any atom is -0.504 e. The maximum absolute atomic E-state index is 12.9. The number of hydrogen-bond donors (Lipinski definition) is 1. The molecule has 0 radical (unpaired) electrons. The molecule has 0 spiro atoms. The summed E-state index contributed by atoms with van der Waals surface area (Å²) in [7, 11) is 3.59. The number of phenols is 1. The largest absolute Gasteiger partial charge is 0.504 e. The van der Waals surface area contributed by atoms with Gasteiger partial charge in [0.15, 0.2) is 11.5 Å². The summed E-state index contributed by atoms with van der Waals surface area (Å²) in [6, 6.07) is 3.71. The van der Waals surface area contributed by atoms with Crippen molar-refractivity contribution in [2.75, 3.05) is 27.2 Å². The number of likely N-dealkylation sites (N-methyl/N-ethyl adjacent to an activating group) is 1.